The summed E-state index contributed by atoms with van der Waals surface area (Å²) < 4.78 is 7.40. The van der Waals surface area contributed by atoms with Gasteiger partial charge in [-0.3, -0.25) is 4.79 Å². The average Bonchev–Trinajstić information content (AvgIpc) is 2.94. The summed E-state index contributed by atoms with van der Waals surface area (Å²) >= 11 is 0. The van der Waals surface area contributed by atoms with Gasteiger partial charge in [0.1, 0.15) is 6.10 Å². The molecule has 1 saturated heterocycles. The molecule has 0 unspecified atom stereocenters. The van der Waals surface area contributed by atoms with Crippen molar-refractivity contribution >= 4 is 11.4 Å². The minimum atomic E-state index is -0.520. The quantitative estimate of drug-likeness (QED) is 0.887. The van der Waals surface area contributed by atoms with Crippen molar-refractivity contribution in [3.05, 3.63) is 35.7 Å². The van der Waals surface area contributed by atoms with E-state index in [-0.39, 0.29) is 5.91 Å². The summed E-state index contributed by atoms with van der Waals surface area (Å²) in [7, 11) is 0. The third-order valence-corrected chi connectivity index (χ3v) is 4.06. The van der Waals surface area contributed by atoms with Gasteiger partial charge in [0.05, 0.1) is 23.9 Å². The molecule has 2 aromatic rings. The molecular formula is C16H22N4O2. The highest BCUT2D eigenvalue weighted by Gasteiger charge is 2.31. The number of nitrogens with zero attached hydrogens (tertiary/aromatic N) is 2. The Balaban J connectivity index is 1.84. The topological polar surface area (TPSA) is 67.7 Å². The zero-order chi connectivity index (χ0) is 15.7. The van der Waals surface area contributed by atoms with Gasteiger partial charge in [0.25, 0.3) is 5.91 Å². The van der Waals surface area contributed by atoms with Gasteiger partial charge in [-0.05, 0) is 32.9 Å². The number of morpholine rings is 1. The van der Waals surface area contributed by atoms with E-state index in [2.05, 4.69) is 15.7 Å². The molecule has 6 heteroatoms. The van der Waals surface area contributed by atoms with Crippen LogP contribution in [0.25, 0.3) is 5.52 Å². The lowest BCUT2D eigenvalue weighted by atomic mass is 9.95. The van der Waals surface area contributed by atoms with E-state index >= 15 is 0 Å². The molecule has 0 aliphatic carbocycles. The first-order chi connectivity index (χ1) is 10.5. The predicted octanol–water partition coefficient (Wildman–Crippen LogP) is 0.982. The Hall–Kier alpha value is -1.92. The first-order valence-corrected chi connectivity index (χ1v) is 7.57. The van der Waals surface area contributed by atoms with Crippen LogP contribution in [0.15, 0.2) is 24.4 Å². The summed E-state index contributed by atoms with van der Waals surface area (Å²) in [5.41, 5.74) is 2.54. The number of aryl methyl sites for hydroxylation is 1. The van der Waals surface area contributed by atoms with Crippen LogP contribution in [-0.4, -0.2) is 41.3 Å². The zero-order valence-corrected chi connectivity index (χ0v) is 13.2. The molecule has 0 saturated carbocycles. The van der Waals surface area contributed by atoms with Crippen molar-refractivity contribution in [1.82, 2.24) is 20.2 Å². The van der Waals surface area contributed by atoms with E-state index in [0.29, 0.717) is 13.2 Å². The van der Waals surface area contributed by atoms with E-state index in [4.69, 9.17) is 4.74 Å². The first kappa shape index (κ1) is 15.0. The Kier molecular flexibility index (Phi) is 3.88. The second-order valence-corrected chi connectivity index (χ2v) is 6.20. The Bertz CT molecular complexity index is 687. The van der Waals surface area contributed by atoms with Crippen LogP contribution in [0.4, 0.5) is 0 Å². The molecule has 1 amide bonds. The number of carbonyl (C=O) groups excluding carboxylic acids is 1. The van der Waals surface area contributed by atoms with Crippen molar-refractivity contribution in [2.75, 3.05) is 19.7 Å². The highest BCUT2D eigenvalue weighted by atomic mass is 16.5. The number of carbonyl (C=O) groups is 1. The summed E-state index contributed by atoms with van der Waals surface area (Å²) in [6, 6.07) is 6.03. The number of hydrogen-bond acceptors (Lipinski definition) is 4. The lowest BCUT2D eigenvalue weighted by molar-refractivity contribution is -0.136. The third kappa shape index (κ3) is 2.71. The van der Waals surface area contributed by atoms with E-state index in [9.17, 15) is 4.79 Å². The lowest BCUT2D eigenvalue weighted by Crippen LogP contribution is -2.52. The number of aromatic nitrogens is 2. The fourth-order valence-corrected chi connectivity index (χ4v) is 2.82. The van der Waals surface area contributed by atoms with Gasteiger partial charge < -0.3 is 15.4 Å². The molecule has 1 atom stereocenters. The minimum absolute atomic E-state index is 0.0933. The molecule has 1 aliphatic rings. The monoisotopic (exact) mass is 302 g/mol. The van der Waals surface area contributed by atoms with Gasteiger partial charge in [0.15, 0.2) is 0 Å². The fraction of sp³-hybridized carbons (Fsp3) is 0.500. The maximum atomic E-state index is 12.4. The molecule has 0 aromatic carbocycles. The molecule has 3 rings (SSSR count). The second kappa shape index (κ2) is 5.70. The van der Waals surface area contributed by atoms with E-state index in [1.54, 1.807) is 0 Å². The maximum absolute atomic E-state index is 12.4. The largest absolute Gasteiger partial charge is 0.366 e. The SMILES string of the molecule is Cc1cccc2c(C(C)(C)NC(=O)[C@@H]3CNCCO3)cnn12. The fourth-order valence-electron chi connectivity index (χ4n) is 2.82. The summed E-state index contributed by atoms with van der Waals surface area (Å²) in [6.07, 6.45) is 1.39. The molecule has 2 N–H and O–H groups in total. The summed E-state index contributed by atoms with van der Waals surface area (Å²) in [4.78, 5) is 12.4. The van der Waals surface area contributed by atoms with Crippen LogP contribution >= 0.6 is 0 Å². The minimum Gasteiger partial charge on any atom is -0.366 e. The highest BCUT2D eigenvalue weighted by Crippen LogP contribution is 2.25. The molecule has 6 nitrogen and oxygen atoms in total. The average molecular weight is 302 g/mol. The lowest BCUT2D eigenvalue weighted by Gasteiger charge is -2.30. The molecule has 0 spiro atoms. The number of pyridine rings is 1. The van der Waals surface area contributed by atoms with Crippen LogP contribution in [0, 0.1) is 6.92 Å². The van der Waals surface area contributed by atoms with Gasteiger partial charge in [0, 0.05) is 24.3 Å². The molecule has 0 radical (unpaired) electrons. The van der Waals surface area contributed by atoms with Crippen LogP contribution in [-0.2, 0) is 15.1 Å². The summed E-state index contributed by atoms with van der Waals surface area (Å²) in [5.74, 6) is -0.0933. The van der Waals surface area contributed by atoms with Crippen molar-refractivity contribution in [1.29, 1.82) is 0 Å². The van der Waals surface area contributed by atoms with Crippen LogP contribution in [0.1, 0.15) is 25.1 Å². The van der Waals surface area contributed by atoms with Crippen LogP contribution in [0.3, 0.4) is 0 Å². The Morgan fingerprint density at radius 3 is 3.05 bits per heavy atom. The van der Waals surface area contributed by atoms with E-state index in [1.807, 2.05) is 49.7 Å². The van der Waals surface area contributed by atoms with Gasteiger partial charge in [-0.15, -0.1) is 0 Å². The van der Waals surface area contributed by atoms with Gasteiger partial charge in [-0.1, -0.05) is 6.07 Å². The number of fused-ring (bicyclic) bond motifs is 1. The third-order valence-electron chi connectivity index (χ3n) is 4.06. The van der Waals surface area contributed by atoms with Gasteiger partial charge in [0.2, 0.25) is 0 Å². The number of hydrogen-bond donors (Lipinski definition) is 2. The standard InChI is InChI=1S/C16H22N4O2/c1-11-5-4-6-13-12(9-18-20(11)13)16(2,3)19-15(21)14-10-17-7-8-22-14/h4-6,9,14,17H,7-8,10H2,1-3H3,(H,19,21)/t14-/m0/s1. The summed E-state index contributed by atoms with van der Waals surface area (Å²) in [6.45, 7) is 7.89. The maximum Gasteiger partial charge on any atom is 0.251 e. The number of rotatable bonds is 3. The normalized spacial score (nSPS) is 19.3. The van der Waals surface area contributed by atoms with Crippen LogP contribution < -0.4 is 10.6 Å². The van der Waals surface area contributed by atoms with Crippen molar-refractivity contribution in [3.8, 4) is 0 Å². The number of nitrogens with one attached hydrogen (secondary N) is 2. The van der Waals surface area contributed by atoms with E-state index in [1.165, 1.54) is 0 Å². The molecule has 3 heterocycles. The first-order valence-electron chi connectivity index (χ1n) is 7.57. The Morgan fingerprint density at radius 2 is 2.32 bits per heavy atom. The van der Waals surface area contributed by atoms with Crippen LogP contribution in [0.5, 0.6) is 0 Å². The van der Waals surface area contributed by atoms with Crippen molar-refractivity contribution < 1.29 is 9.53 Å². The number of amides is 1. The van der Waals surface area contributed by atoms with Gasteiger partial charge in [-0.25, -0.2) is 4.52 Å². The molecular weight excluding hydrogens is 280 g/mol. The van der Waals surface area contributed by atoms with Gasteiger partial charge >= 0.3 is 0 Å². The Morgan fingerprint density at radius 1 is 1.50 bits per heavy atom. The van der Waals surface area contributed by atoms with E-state index in [0.717, 1.165) is 23.3 Å². The Labute approximate surface area is 129 Å². The van der Waals surface area contributed by atoms with Crippen LogP contribution in [0.2, 0.25) is 0 Å². The molecule has 22 heavy (non-hydrogen) atoms. The zero-order valence-electron chi connectivity index (χ0n) is 13.2. The van der Waals surface area contributed by atoms with Crippen molar-refractivity contribution in [2.45, 2.75) is 32.4 Å². The molecule has 118 valence electrons. The smallest absolute Gasteiger partial charge is 0.251 e. The molecule has 1 fully saturated rings. The molecule has 0 bridgehead atoms. The molecule has 2 aromatic heterocycles. The molecule has 1 aliphatic heterocycles. The second-order valence-electron chi connectivity index (χ2n) is 6.20. The predicted molar refractivity (Wildman–Crippen MR) is 83.7 cm³/mol. The van der Waals surface area contributed by atoms with Crippen molar-refractivity contribution in [2.24, 2.45) is 0 Å². The highest BCUT2D eigenvalue weighted by molar-refractivity contribution is 5.82. The van der Waals surface area contributed by atoms with Gasteiger partial charge in [-0.2, -0.15) is 5.10 Å². The number of ether oxygens (including phenoxy) is 1. The van der Waals surface area contributed by atoms with Crippen molar-refractivity contribution in [3.63, 3.8) is 0 Å². The summed E-state index contributed by atoms with van der Waals surface area (Å²) in [5, 5.41) is 10.7. The van der Waals surface area contributed by atoms with E-state index < -0.39 is 11.6 Å².